The molecule has 0 aromatic carbocycles. The highest BCUT2D eigenvalue weighted by Gasteiger charge is 2.47. The second kappa shape index (κ2) is 6.93. The molecule has 6 unspecified atom stereocenters. The van der Waals surface area contributed by atoms with Crippen molar-refractivity contribution in [2.75, 3.05) is 0 Å². The molecule has 0 heterocycles. The molecule has 3 rings (SSSR count). The van der Waals surface area contributed by atoms with Crippen LogP contribution in [-0.4, -0.2) is 17.8 Å². The van der Waals surface area contributed by atoms with Crippen molar-refractivity contribution in [1.82, 2.24) is 0 Å². The summed E-state index contributed by atoms with van der Waals surface area (Å²) in [7, 11) is 0. The quantitative estimate of drug-likeness (QED) is 0.635. The minimum Gasteiger partial charge on any atom is -0.412 e. The first kappa shape index (κ1) is 17.2. The van der Waals surface area contributed by atoms with Gasteiger partial charge in [0.15, 0.2) is 0 Å². The van der Waals surface area contributed by atoms with Gasteiger partial charge < -0.3 is 5.48 Å². The second-order valence-corrected chi connectivity index (χ2v) is 8.12. The molecule has 0 radical (unpaired) electrons. The Balaban J connectivity index is 0.00000161. The summed E-state index contributed by atoms with van der Waals surface area (Å²) in [6.07, 6.45) is 7.27. The van der Waals surface area contributed by atoms with Crippen molar-refractivity contribution in [1.29, 1.82) is 0 Å². The third-order valence-corrected chi connectivity index (χ3v) is 6.75. The van der Waals surface area contributed by atoms with E-state index in [1.54, 1.807) is 0 Å². The van der Waals surface area contributed by atoms with Crippen molar-refractivity contribution in [2.45, 2.75) is 77.6 Å². The number of fused-ring (bicyclic) bond motifs is 1. The van der Waals surface area contributed by atoms with Crippen LogP contribution in [0.25, 0.3) is 0 Å². The number of alkyl halides is 2. The van der Waals surface area contributed by atoms with Crippen molar-refractivity contribution in [2.24, 2.45) is 35.5 Å². The van der Waals surface area contributed by atoms with Crippen LogP contribution in [0.3, 0.4) is 0 Å². The summed E-state index contributed by atoms with van der Waals surface area (Å²) in [6, 6.07) is 0. The van der Waals surface area contributed by atoms with Crippen LogP contribution in [-0.2, 0) is 0 Å². The van der Waals surface area contributed by atoms with Crippen molar-refractivity contribution >= 4 is 0 Å². The SMILES string of the molecule is CC1CCC(C2CCC3CC(C)C(F)C(F)C3C2)CC1.O.[HH].[HH]. The minimum atomic E-state index is -1.21. The monoisotopic (exact) mass is 306 g/mol. The van der Waals surface area contributed by atoms with Crippen LogP contribution in [0.5, 0.6) is 0 Å². The van der Waals surface area contributed by atoms with E-state index in [2.05, 4.69) is 6.92 Å². The first-order valence-electron chi connectivity index (χ1n) is 8.84. The highest BCUT2D eigenvalue weighted by molar-refractivity contribution is 4.96. The fourth-order valence-electron chi connectivity index (χ4n) is 5.33. The van der Waals surface area contributed by atoms with Crippen LogP contribution in [0.1, 0.15) is 68.1 Å². The maximum Gasteiger partial charge on any atom is 0.134 e. The summed E-state index contributed by atoms with van der Waals surface area (Å²) in [6.45, 7) is 4.24. The fourth-order valence-corrected chi connectivity index (χ4v) is 5.33. The molecule has 0 aromatic heterocycles. The Labute approximate surface area is 131 Å². The van der Waals surface area contributed by atoms with E-state index in [1.165, 1.54) is 32.1 Å². The Kier molecular flexibility index (Phi) is 5.67. The van der Waals surface area contributed by atoms with Gasteiger partial charge in [-0.05, 0) is 74.0 Å². The van der Waals surface area contributed by atoms with Crippen LogP contribution in [0.15, 0.2) is 0 Å². The van der Waals surface area contributed by atoms with E-state index in [0.29, 0.717) is 11.8 Å². The predicted molar refractivity (Wildman–Crippen MR) is 86.9 cm³/mol. The van der Waals surface area contributed by atoms with Gasteiger partial charge in [0.25, 0.3) is 0 Å². The smallest absolute Gasteiger partial charge is 0.134 e. The molecular formula is C18H36F2O. The molecule has 3 aliphatic rings. The molecule has 6 atom stereocenters. The predicted octanol–water partition coefficient (Wildman–Crippen LogP) is 5.23. The van der Waals surface area contributed by atoms with Gasteiger partial charge in [0.1, 0.15) is 12.3 Å². The van der Waals surface area contributed by atoms with Gasteiger partial charge in [-0.1, -0.05) is 26.7 Å². The molecule has 3 heteroatoms. The average molecular weight is 306 g/mol. The van der Waals surface area contributed by atoms with Crippen molar-refractivity contribution in [3.05, 3.63) is 0 Å². The molecule has 2 N–H and O–H groups in total. The van der Waals surface area contributed by atoms with E-state index in [4.69, 9.17) is 0 Å². The van der Waals surface area contributed by atoms with E-state index >= 15 is 0 Å². The Bertz CT molecular complexity index is 335. The first-order valence-corrected chi connectivity index (χ1v) is 8.84. The minimum absolute atomic E-state index is 0. The van der Waals surface area contributed by atoms with E-state index in [9.17, 15) is 8.78 Å². The molecule has 1 nitrogen and oxygen atoms in total. The van der Waals surface area contributed by atoms with Gasteiger partial charge in [0.2, 0.25) is 0 Å². The van der Waals surface area contributed by atoms with E-state index in [-0.39, 0.29) is 20.2 Å². The largest absolute Gasteiger partial charge is 0.412 e. The van der Waals surface area contributed by atoms with Gasteiger partial charge in [0.05, 0.1) is 0 Å². The maximum absolute atomic E-state index is 14.4. The van der Waals surface area contributed by atoms with Crippen LogP contribution in [0, 0.1) is 35.5 Å². The summed E-state index contributed by atoms with van der Waals surface area (Å²) < 4.78 is 28.4. The lowest BCUT2D eigenvalue weighted by Crippen LogP contribution is -2.46. The number of rotatable bonds is 1. The zero-order valence-electron chi connectivity index (χ0n) is 13.5. The van der Waals surface area contributed by atoms with Crippen molar-refractivity contribution < 1.29 is 17.1 Å². The van der Waals surface area contributed by atoms with E-state index in [0.717, 1.165) is 31.1 Å². The molecule has 0 aromatic rings. The summed E-state index contributed by atoms with van der Waals surface area (Å²) >= 11 is 0. The fraction of sp³-hybridized carbons (Fsp3) is 1.00. The molecule has 0 spiro atoms. The lowest BCUT2D eigenvalue weighted by molar-refractivity contribution is -0.0451. The van der Waals surface area contributed by atoms with Crippen LogP contribution >= 0.6 is 0 Å². The summed E-state index contributed by atoms with van der Waals surface area (Å²) in [5.74, 6) is 2.78. The van der Waals surface area contributed by atoms with Gasteiger partial charge in [-0.15, -0.1) is 0 Å². The summed E-state index contributed by atoms with van der Waals surface area (Å²) in [4.78, 5) is 0. The average Bonchev–Trinajstić information content (AvgIpc) is 2.46. The van der Waals surface area contributed by atoms with Gasteiger partial charge in [0, 0.05) is 2.85 Å². The zero-order valence-corrected chi connectivity index (χ0v) is 13.5. The highest BCUT2D eigenvalue weighted by Crippen LogP contribution is 2.50. The molecule has 3 aliphatic carbocycles. The first-order chi connectivity index (χ1) is 9.56. The Morgan fingerprint density at radius 3 is 1.95 bits per heavy atom. The van der Waals surface area contributed by atoms with E-state index in [1.807, 2.05) is 6.92 Å². The standard InChI is InChI=1S/C18H30F2.H2O.2H2/c1-11-3-5-13(6-4-11)14-7-8-15-9-12(2)17(19)18(20)16(15)10-14;;;/h11-18H,3-10H2,1-2H3;1H2;2*1H. The molecule has 128 valence electrons. The molecule has 3 fully saturated rings. The highest BCUT2D eigenvalue weighted by atomic mass is 19.2. The van der Waals surface area contributed by atoms with Gasteiger partial charge in [-0.3, -0.25) is 0 Å². The van der Waals surface area contributed by atoms with Gasteiger partial charge >= 0.3 is 0 Å². The lowest BCUT2D eigenvalue weighted by Gasteiger charge is -2.47. The van der Waals surface area contributed by atoms with Crippen LogP contribution in [0.4, 0.5) is 8.78 Å². The van der Waals surface area contributed by atoms with Crippen LogP contribution in [0.2, 0.25) is 0 Å². The third-order valence-electron chi connectivity index (χ3n) is 6.75. The van der Waals surface area contributed by atoms with Crippen LogP contribution < -0.4 is 0 Å². The van der Waals surface area contributed by atoms with Crippen molar-refractivity contribution in [3.63, 3.8) is 0 Å². The lowest BCUT2D eigenvalue weighted by atomic mass is 9.60. The van der Waals surface area contributed by atoms with Gasteiger partial charge in [-0.25, -0.2) is 8.78 Å². The second-order valence-electron chi connectivity index (χ2n) is 8.12. The van der Waals surface area contributed by atoms with Gasteiger partial charge in [-0.2, -0.15) is 0 Å². The Morgan fingerprint density at radius 1 is 0.714 bits per heavy atom. The maximum atomic E-state index is 14.4. The molecule has 21 heavy (non-hydrogen) atoms. The Morgan fingerprint density at radius 2 is 1.29 bits per heavy atom. The molecule has 3 saturated carbocycles. The molecule has 0 aliphatic heterocycles. The number of hydrogen-bond donors (Lipinski definition) is 0. The molecule has 0 amide bonds. The zero-order chi connectivity index (χ0) is 14.3. The third kappa shape index (κ3) is 3.43. The topological polar surface area (TPSA) is 31.5 Å². The van der Waals surface area contributed by atoms with Crippen molar-refractivity contribution in [3.8, 4) is 0 Å². The summed E-state index contributed by atoms with van der Waals surface area (Å²) in [5, 5.41) is 0. The number of hydrogen-bond acceptors (Lipinski definition) is 0. The molecular weight excluding hydrogens is 270 g/mol. The normalized spacial score (nSPS) is 50.9. The molecule has 0 bridgehead atoms. The Hall–Kier alpha value is -0.180. The summed E-state index contributed by atoms with van der Waals surface area (Å²) in [5.41, 5.74) is 0. The number of halogens is 2. The molecule has 0 saturated heterocycles. The van der Waals surface area contributed by atoms with E-state index < -0.39 is 12.3 Å².